The first-order valence-corrected chi connectivity index (χ1v) is 4.29. The Morgan fingerprint density at radius 3 is 2.58 bits per heavy atom. The summed E-state index contributed by atoms with van der Waals surface area (Å²) in [4.78, 5) is 22.4. The second-order valence-electron chi connectivity index (χ2n) is 4.04. The molecule has 1 unspecified atom stereocenters. The Morgan fingerprint density at radius 2 is 2.00 bits per heavy atom. The minimum Gasteiger partial charge on any atom is -0.296 e. The summed E-state index contributed by atoms with van der Waals surface area (Å²) in [7, 11) is 0. The Kier molecular flexibility index (Phi) is 2.22. The molecule has 2 amide bonds. The molecule has 1 heterocycles. The zero-order valence-corrected chi connectivity index (χ0v) is 7.81. The van der Waals surface area contributed by atoms with Crippen LogP contribution in [-0.4, -0.2) is 11.8 Å². The number of carbonyl (C=O) groups excluding carboxylic acids is 2. The van der Waals surface area contributed by atoms with E-state index >= 15 is 0 Å². The van der Waals surface area contributed by atoms with E-state index in [1.54, 1.807) is 0 Å². The normalized spacial score (nSPS) is 29.4. The Labute approximate surface area is 72.5 Å². The van der Waals surface area contributed by atoms with Crippen LogP contribution in [0.25, 0.3) is 0 Å². The Hall–Kier alpha value is -0.860. The number of carbonyl (C=O) groups is 2. The average molecular weight is 169 g/mol. The predicted molar refractivity (Wildman–Crippen MR) is 45.3 cm³/mol. The summed E-state index contributed by atoms with van der Waals surface area (Å²) >= 11 is 0. The van der Waals surface area contributed by atoms with E-state index in [4.69, 9.17) is 0 Å². The van der Waals surface area contributed by atoms with E-state index < -0.39 is 5.41 Å². The van der Waals surface area contributed by atoms with Gasteiger partial charge in [0.25, 0.3) is 0 Å². The van der Waals surface area contributed by atoms with Gasteiger partial charge in [-0.25, -0.2) is 0 Å². The highest BCUT2D eigenvalue weighted by atomic mass is 16.2. The molecule has 1 rings (SSSR count). The van der Waals surface area contributed by atoms with Gasteiger partial charge in [-0.15, -0.1) is 0 Å². The third kappa shape index (κ3) is 1.49. The number of imide groups is 1. The molecule has 1 aliphatic rings. The summed E-state index contributed by atoms with van der Waals surface area (Å²) in [5.41, 5.74) is -0.411. The minimum absolute atomic E-state index is 0.141. The van der Waals surface area contributed by atoms with Crippen molar-refractivity contribution >= 4 is 11.8 Å². The van der Waals surface area contributed by atoms with Gasteiger partial charge in [0.2, 0.25) is 11.8 Å². The van der Waals surface area contributed by atoms with E-state index in [0.29, 0.717) is 6.42 Å². The molecule has 1 saturated heterocycles. The summed E-state index contributed by atoms with van der Waals surface area (Å²) in [6.07, 6.45) is 1.26. The molecule has 0 saturated carbocycles. The Morgan fingerprint density at radius 1 is 1.42 bits per heavy atom. The van der Waals surface area contributed by atoms with Gasteiger partial charge in [-0.2, -0.15) is 0 Å². The molecule has 0 radical (unpaired) electrons. The number of rotatable bonds is 0. The first-order chi connectivity index (χ1) is 5.44. The van der Waals surface area contributed by atoms with Crippen LogP contribution in [0.3, 0.4) is 0 Å². The van der Waals surface area contributed by atoms with Crippen LogP contribution in [-0.2, 0) is 9.59 Å². The van der Waals surface area contributed by atoms with Crippen molar-refractivity contribution < 1.29 is 9.59 Å². The monoisotopic (exact) mass is 169 g/mol. The van der Waals surface area contributed by atoms with Crippen molar-refractivity contribution in [1.82, 2.24) is 5.32 Å². The van der Waals surface area contributed by atoms with E-state index in [2.05, 4.69) is 5.32 Å². The van der Waals surface area contributed by atoms with E-state index in [1.807, 2.05) is 20.8 Å². The van der Waals surface area contributed by atoms with Crippen LogP contribution in [0, 0.1) is 11.3 Å². The fraction of sp³-hybridized carbons (Fsp3) is 0.778. The van der Waals surface area contributed by atoms with Crippen molar-refractivity contribution in [3.8, 4) is 0 Å². The van der Waals surface area contributed by atoms with Gasteiger partial charge in [0.15, 0.2) is 0 Å². The van der Waals surface area contributed by atoms with Gasteiger partial charge in [0.1, 0.15) is 0 Å². The van der Waals surface area contributed by atoms with Crippen LogP contribution < -0.4 is 5.32 Å². The molecule has 0 aromatic heterocycles. The number of hydrogen-bond acceptors (Lipinski definition) is 2. The maximum absolute atomic E-state index is 11.4. The third-order valence-corrected chi connectivity index (χ3v) is 2.87. The van der Waals surface area contributed by atoms with Gasteiger partial charge in [0, 0.05) is 11.8 Å². The van der Waals surface area contributed by atoms with Crippen molar-refractivity contribution in [2.45, 2.75) is 33.6 Å². The molecular formula is C9H15NO2. The lowest BCUT2D eigenvalue weighted by atomic mass is 9.78. The fourth-order valence-electron chi connectivity index (χ4n) is 1.28. The molecule has 0 aromatic rings. The number of hydrogen-bond donors (Lipinski definition) is 1. The van der Waals surface area contributed by atoms with E-state index in [9.17, 15) is 9.59 Å². The fourth-order valence-corrected chi connectivity index (χ4v) is 1.28. The minimum atomic E-state index is -0.411. The molecule has 1 fully saturated rings. The van der Waals surface area contributed by atoms with Gasteiger partial charge >= 0.3 is 0 Å². The van der Waals surface area contributed by atoms with Crippen LogP contribution >= 0.6 is 0 Å². The maximum Gasteiger partial charge on any atom is 0.232 e. The lowest BCUT2D eigenvalue weighted by molar-refractivity contribution is -0.135. The molecule has 0 bridgehead atoms. The summed E-state index contributed by atoms with van der Waals surface area (Å²) in [5, 5.41) is 2.38. The highest BCUT2D eigenvalue weighted by molar-refractivity contribution is 5.98. The smallest absolute Gasteiger partial charge is 0.232 e. The highest BCUT2D eigenvalue weighted by Crippen LogP contribution is 2.31. The molecule has 1 atom stereocenters. The van der Waals surface area contributed by atoms with E-state index in [0.717, 1.165) is 6.42 Å². The predicted octanol–water partition coefficient (Wildman–Crippen LogP) is 1.09. The first-order valence-electron chi connectivity index (χ1n) is 4.29. The number of nitrogens with one attached hydrogen (secondary N) is 1. The summed E-state index contributed by atoms with van der Waals surface area (Å²) < 4.78 is 0. The van der Waals surface area contributed by atoms with Crippen molar-refractivity contribution in [1.29, 1.82) is 0 Å². The van der Waals surface area contributed by atoms with Crippen LogP contribution in [0.1, 0.15) is 33.6 Å². The van der Waals surface area contributed by atoms with Crippen LogP contribution in [0.15, 0.2) is 0 Å². The molecule has 0 aliphatic carbocycles. The Bertz CT molecular complexity index is 221. The first kappa shape index (κ1) is 9.23. The molecule has 1 N–H and O–H groups in total. The van der Waals surface area contributed by atoms with Gasteiger partial charge in [-0.05, 0) is 12.3 Å². The molecule has 12 heavy (non-hydrogen) atoms. The molecule has 3 nitrogen and oxygen atoms in total. The largest absolute Gasteiger partial charge is 0.296 e. The quantitative estimate of drug-likeness (QED) is 0.552. The van der Waals surface area contributed by atoms with Crippen LogP contribution in [0.2, 0.25) is 0 Å². The second kappa shape index (κ2) is 2.88. The number of amides is 2. The average Bonchev–Trinajstić information content (AvgIpc) is 2.04. The van der Waals surface area contributed by atoms with Gasteiger partial charge in [0.05, 0.1) is 0 Å². The maximum atomic E-state index is 11.4. The molecule has 68 valence electrons. The van der Waals surface area contributed by atoms with Gasteiger partial charge < -0.3 is 0 Å². The van der Waals surface area contributed by atoms with Gasteiger partial charge in [-0.3, -0.25) is 14.9 Å². The van der Waals surface area contributed by atoms with Crippen LogP contribution in [0.4, 0.5) is 0 Å². The van der Waals surface area contributed by atoms with Crippen molar-refractivity contribution in [3.05, 3.63) is 0 Å². The Balaban J connectivity index is 2.86. The SMILES string of the molecule is CC1CCC(=O)NC(=O)C1(C)C. The lowest BCUT2D eigenvalue weighted by Crippen LogP contribution is -2.40. The van der Waals surface area contributed by atoms with Crippen LogP contribution in [0.5, 0.6) is 0 Å². The van der Waals surface area contributed by atoms with Crippen molar-refractivity contribution in [3.63, 3.8) is 0 Å². The molecule has 1 aliphatic heterocycles. The lowest BCUT2D eigenvalue weighted by Gasteiger charge is -2.26. The van der Waals surface area contributed by atoms with Crippen molar-refractivity contribution in [2.24, 2.45) is 11.3 Å². The van der Waals surface area contributed by atoms with E-state index in [1.165, 1.54) is 0 Å². The zero-order chi connectivity index (χ0) is 9.35. The molecule has 3 heteroatoms. The van der Waals surface area contributed by atoms with Crippen molar-refractivity contribution in [2.75, 3.05) is 0 Å². The standard InChI is InChI=1S/C9H15NO2/c1-6-4-5-7(11)10-8(12)9(6,2)3/h6H,4-5H2,1-3H3,(H,10,11,12). The molecule has 0 spiro atoms. The summed E-state index contributed by atoms with van der Waals surface area (Å²) in [5.74, 6) is -0.0149. The third-order valence-electron chi connectivity index (χ3n) is 2.87. The highest BCUT2D eigenvalue weighted by Gasteiger charge is 2.37. The second-order valence-corrected chi connectivity index (χ2v) is 4.04. The van der Waals surface area contributed by atoms with Gasteiger partial charge in [-0.1, -0.05) is 20.8 Å². The topological polar surface area (TPSA) is 46.2 Å². The molecular weight excluding hydrogens is 154 g/mol. The molecule has 0 aromatic carbocycles. The zero-order valence-electron chi connectivity index (χ0n) is 7.81. The summed E-state index contributed by atoms with van der Waals surface area (Å²) in [6.45, 7) is 5.77. The van der Waals surface area contributed by atoms with E-state index in [-0.39, 0.29) is 17.7 Å². The summed E-state index contributed by atoms with van der Waals surface area (Å²) in [6, 6.07) is 0.